The maximum Gasteiger partial charge on any atom is 0.244 e. The van der Waals surface area contributed by atoms with E-state index in [1.54, 1.807) is 6.92 Å². The van der Waals surface area contributed by atoms with E-state index in [2.05, 4.69) is 22.3 Å². The molecule has 1 aromatic rings. The average molecular weight is 269 g/mol. The predicted molar refractivity (Wildman–Crippen MR) is 73.1 cm³/mol. The van der Waals surface area contributed by atoms with E-state index in [0.29, 0.717) is 0 Å². The van der Waals surface area contributed by atoms with E-state index in [-0.39, 0.29) is 22.8 Å². The van der Waals surface area contributed by atoms with Gasteiger partial charge in [-0.05, 0) is 20.3 Å². The van der Waals surface area contributed by atoms with Crippen molar-refractivity contribution in [3.8, 4) is 0 Å². The van der Waals surface area contributed by atoms with Crippen molar-refractivity contribution >= 4 is 23.1 Å². The Morgan fingerprint density at radius 2 is 2.28 bits per heavy atom. The van der Waals surface area contributed by atoms with Gasteiger partial charge in [0.25, 0.3) is 0 Å². The molecule has 18 heavy (non-hydrogen) atoms. The summed E-state index contributed by atoms with van der Waals surface area (Å²) in [4.78, 5) is 16.0. The van der Waals surface area contributed by atoms with Gasteiger partial charge in [0.2, 0.25) is 11.7 Å². The number of rotatable bonds is 6. The monoisotopic (exact) mass is 269 g/mol. The van der Waals surface area contributed by atoms with Crippen molar-refractivity contribution in [3.05, 3.63) is 12.2 Å². The third-order valence-electron chi connectivity index (χ3n) is 2.62. The van der Waals surface area contributed by atoms with Crippen molar-refractivity contribution in [2.75, 3.05) is 0 Å². The fourth-order valence-corrected chi connectivity index (χ4v) is 1.66. The summed E-state index contributed by atoms with van der Waals surface area (Å²) in [6.45, 7) is 5.82. The molecule has 100 valence electrons. The Hall–Kier alpha value is -1.50. The molecule has 1 amide bonds. The van der Waals surface area contributed by atoms with Crippen molar-refractivity contribution in [2.24, 2.45) is 5.73 Å². The van der Waals surface area contributed by atoms with Gasteiger partial charge in [-0.1, -0.05) is 25.6 Å². The highest BCUT2D eigenvalue weighted by molar-refractivity contribution is 7.80. The fraction of sp³-hybridized carbons (Fsp3) is 0.636. The second kappa shape index (κ2) is 6.44. The van der Waals surface area contributed by atoms with Crippen LogP contribution in [0.2, 0.25) is 0 Å². The van der Waals surface area contributed by atoms with E-state index in [0.717, 1.165) is 12.8 Å². The lowest BCUT2D eigenvalue weighted by Gasteiger charge is -2.16. The molecule has 1 heterocycles. The molecular weight excluding hydrogens is 250 g/mol. The first-order valence-electron chi connectivity index (χ1n) is 5.97. The average Bonchev–Trinajstić information content (AvgIpc) is 2.77. The molecule has 2 unspecified atom stereocenters. The first-order valence-corrected chi connectivity index (χ1v) is 6.37. The minimum atomic E-state index is -0.431. The number of hydrogen-bond acceptors (Lipinski definition) is 4. The zero-order valence-corrected chi connectivity index (χ0v) is 11.7. The van der Waals surface area contributed by atoms with Gasteiger partial charge in [0.1, 0.15) is 17.4 Å². The van der Waals surface area contributed by atoms with Crippen LogP contribution in [-0.2, 0) is 4.79 Å². The summed E-state index contributed by atoms with van der Waals surface area (Å²) in [6.07, 6.45) is 3.45. The first-order chi connectivity index (χ1) is 8.45. The molecular formula is C11H19N5OS. The van der Waals surface area contributed by atoms with Crippen LogP contribution in [0.4, 0.5) is 0 Å². The van der Waals surface area contributed by atoms with Gasteiger partial charge in [-0.3, -0.25) is 4.79 Å². The van der Waals surface area contributed by atoms with Gasteiger partial charge in [-0.15, -0.1) is 5.10 Å². The number of carbonyl (C=O) groups excluding carboxylic acids is 1. The number of aromatic nitrogens is 3. The lowest BCUT2D eigenvalue weighted by molar-refractivity contribution is -0.124. The maximum absolute atomic E-state index is 11.9. The molecule has 0 fully saturated rings. The molecule has 0 spiro atoms. The van der Waals surface area contributed by atoms with Gasteiger partial charge in [-0.25, -0.2) is 9.67 Å². The summed E-state index contributed by atoms with van der Waals surface area (Å²) >= 11 is 4.77. The molecule has 0 aromatic carbocycles. The van der Waals surface area contributed by atoms with Gasteiger partial charge >= 0.3 is 0 Å². The summed E-state index contributed by atoms with van der Waals surface area (Å²) in [7, 11) is 0. The Bertz CT molecular complexity index is 431. The van der Waals surface area contributed by atoms with Crippen LogP contribution in [0.15, 0.2) is 6.33 Å². The Morgan fingerprint density at radius 1 is 1.61 bits per heavy atom. The third-order valence-corrected chi connectivity index (χ3v) is 2.80. The molecule has 1 aromatic heterocycles. The fourth-order valence-electron chi connectivity index (χ4n) is 1.56. The normalized spacial score (nSPS) is 13.9. The van der Waals surface area contributed by atoms with Crippen LogP contribution in [0, 0.1) is 0 Å². The zero-order valence-electron chi connectivity index (χ0n) is 10.9. The van der Waals surface area contributed by atoms with E-state index >= 15 is 0 Å². The van der Waals surface area contributed by atoms with Crippen LogP contribution >= 0.6 is 12.2 Å². The predicted octanol–water partition coefficient (Wildman–Crippen LogP) is 0.778. The number of thiocarbonyl (C=S) groups is 1. The van der Waals surface area contributed by atoms with E-state index in [9.17, 15) is 4.79 Å². The molecule has 3 N–H and O–H groups in total. The first kappa shape index (κ1) is 14.6. The molecule has 2 atom stereocenters. The minimum absolute atomic E-state index is 0.0876. The van der Waals surface area contributed by atoms with Gasteiger partial charge in [0.05, 0.1) is 0 Å². The Balaban J connectivity index is 2.65. The van der Waals surface area contributed by atoms with E-state index in [4.69, 9.17) is 18.0 Å². The van der Waals surface area contributed by atoms with Crippen LogP contribution in [0.25, 0.3) is 0 Å². The summed E-state index contributed by atoms with van der Waals surface area (Å²) in [6, 6.07) is -0.275. The largest absolute Gasteiger partial charge is 0.387 e. The molecule has 6 nitrogen and oxygen atoms in total. The van der Waals surface area contributed by atoms with E-state index < -0.39 is 6.04 Å². The molecule has 0 aliphatic rings. The topological polar surface area (TPSA) is 85.8 Å². The van der Waals surface area contributed by atoms with Crippen LogP contribution < -0.4 is 11.1 Å². The van der Waals surface area contributed by atoms with Gasteiger partial charge < -0.3 is 11.1 Å². The highest BCUT2D eigenvalue weighted by Crippen LogP contribution is 2.05. The van der Waals surface area contributed by atoms with Gasteiger partial charge in [0, 0.05) is 6.04 Å². The summed E-state index contributed by atoms with van der Waals surface area (Å²) in [5.41, 5.74) is 5.42. The van der Waals surface area contributed by atoms with E-state index in [1.165, 1.54) is 11.0 Å². The standard InChI is InChI=1S/C11H19N5OS/c1-4-5-7(2)14-11(17)8(3)16-6-13-10(15-16)9(12)18/h6-8H,4-5H2,1-3H3,(H2,12,18)(H,14,17). The smallest absolute Gasteiger partial charge is 0.244 e. The molecule has 0 aliphatic carbocycles. The molecule has 0 saturated carbocycles. The molecule has 0 radical (unpaired) electrons. The second-order valence-electron chi connectivity index (χ2n) is 4.29. The van der Waals surface area contributed by atoms with Crippen LogP contribution in [0.3, 0.4) is 0 Å². The maximum atomic E-state index is 11.9. The molecule has 0 bridgehead atoms. The van der Waals surface area contributed by atoms with E-state index in [1.807, 2.05) is 6.92 Å². The van der Waals surface area contributed by atoms with Crippen molar-refractivity contribution in [2.45, 2.75) is 45.7 Å². The summed E-state index contributed by atoms with van der Waals surface area (Å²) in [5.74, 6) is 0.196. The Morgan fingerprint density at radius 3 is 2.78 bits per heavy atom. The van der Waals surface area contributed by atoms with Crippen LogP contribution in [0.5, 0.6) is 0 Å². The lowest BCUT2D eigenvalue weighted by Crippen LogP contribution is -2.37. The van der Waals surface area contributed by atoms with Crippen molar-refractivity contribution in [1.29, 1.82) is 0 Å². The van der Waals surface area contributed by atoms with Crippen LogP contribution in [-0.4, -0.2) is 31.7 Å². The van der Waals surface area contributed by atoms with Crippen molar-refractivity contribution in [3.63, 3.8) is 0 Å². The zero-order chi connectivity index (χ0) is 13.7. The Labute approximate surface area is 112 Å². The molecule has 1 rings (SSSR count). The van der Waals surface area contributed by atoms with Gasteiger partial charge in [0.15, 0.2) is 0 Å². The molecule has 7 heteroatoms. The highest BCUT2D eigenvalue weighted by atomic mass is 32.1. The molecule has 0 aliphatic heterocycles. The quantitative estimate of drug-likeness (QED) is 0.745. The van der Waals surface area contributed by atoms with Crippen molar-refractivity contribution < 1.29 is 4.79 Å². The summed E-state index contributed by atoms with van der Waals surface area (Å²) < 4.78 is 1.46. The number of nitrogens with two attached hydrogens (primary N) is 1. The van der Waals surface area contributed by atoms with Crippen molar-refractivity contribution in [1.82, 2.24) is 20.1 Å². The number of amides is 1. The lowest BCUT2D eigenvalue weighted by atomic mass is 10.2. The number of hydrogen-bond donors (Lipinski definition) is 2. The second-order valence-corrected chi connectivity index (χ2v) is 4.73. The number of nitrogens with zero attached hydrogens (tertiary/aromatic N) is 3. The minimum Gasteiger partial charge on any atom is -0.387 e. The number of carbonyl (C=O) groups is 1. The Kier molecular flexibility index (Phi) is 5.21. The third kappa shape index (κ3) is 3.76. The SMILES string of the molecule is CCCC(C)NC(=O)C(C)n1cnc(C(N)=S)n1. The highest BCUT2D eigenvalue weighted by Gasteiger charge is 2.18. The molecule has 0 saturated heterocycles. The summed E-state index contributed by atoms with van der Waals surface area (Å²) in [5, 5.41) is 6.99. The number of nitrogens with one attached hydrogen (secondary N) is 1. The van der Waals surface area contributed by atoms with Gasteiger partial charge in [-0.2, -0.15) is 0 Å². The van der Waals surface area contributed by atoms with Crippen LogP contribution in [0.1, 0.15) is 45.5 Å².